The van der Waals surface area contributed by atoms with Crippen molar-refractivity contribution < 1.29 is 69.2 Å². The van der Waals surface area contributed by atoms with Crippen molar-refractivity contribution >= 4 is 144 Å². The van der Waals surface area contributed by atoms with Crippen LogP contribution >= 0.6 is 69.6 Å². The lowest BCUT2D eigenvalue weighted by atomic mass is 10.0. The zero-order valence-corrected chi connectivity index (χ0v) is 75.8. The molecule has 0 fully saturated rings. The van der Waals surface area contributed by atoms with Crippen LogP contribution in [0.5, 0.6) is 0 Å². The number of anilines is 5. The first-order chi connectivity index (χ1) is 59.6. The zero-order chi connectivity index (χ0) is 93.9. The molecule has 0 spiro atoms. The van der Waals surface area contributed by atoms with Gasteiger partial charge in [0.2, 0.25) is 0 Å². The number of ether oxygens (including phenoxy) is 3. The fraction of sp³-hybridized carbons (Fsp3) is 0.292. The van der Waals surface area contributed by atoms with Gasteiger partial charge in [-0.2, -0.15) is 0 Å². The van der Waals surface area contributed by atoms with Crippen molar-refractivity contribution in [3.05, 3.63) is 279 Å². The molecule has 0 radical (unpaired) electrons. The molecule has 0 unspecified atom stereocenters. The Kier molecular flexibility index (Phi) is 43.3. The molecule has 9 heterocycles. The van der Waals surface area contributed by atoms with E-state index in [2.05, 4.69) is 60.9 Å². The van der Waals surface area contributed by atoms with Gasteiger partial charge in [0.1, 0.15) is 83.7 Å². The molecule has 37 heteroatoms. The van der Waals surface area contributed by atoms with Gasteiger partial charge < -0.3 is 55.5 Å². The maximum atomic E-state index is 14.3. The van der Waals surface area contributed by atoms with Gasteiger partial charge in [0, 0.05) is 107 Å². The summed E-state index contributed by atoms with van der Waals surface area (Å²) in [4.78, 5) is 97.8. The highest BCUT2D eigenvalue weighted by Gasteiger charge is 2.24. The van der Waals surface area contributed by atoms with Crippen molar-refractivity contribution in [2.24, 2.45) is 5.73 Å². The zero-order valence-electron chi connectivity index (χ0n) is 71.2. The third-order valence-electron chi connectivity index (χ3n) is 16.1. The second kappa shape index (κ2) is 51.9. The van der Waals surface area contributed by atoms with E-state index in [1.165, 1.54) is 88.6 Å². The third-order valence-corrected chi connectivity index (χ3v) is 17.5. The number of aliphatic hydroxyl groups is 1. The van der Waals surface area contributed by atoms with Crippen molar-refractivity contribution in [1.29, 1.82) is 0 Å². The van der Waals surface area contributed by atoms with E-state index in [0.29, 0.717) is 91.0 Å². The minimum Gasteiger partial charge on any atom is -0.466 e. The molecule has 0 aliphatic heterocycles. The summed E-state index contributed by atoms with van der Waals surface area (Å²) in [5.74, 6) is -5.83. The number of nitrogens with zero attached hydrogens (tertiary/aromatic N) is 9. The van der Waals surface area contributed by atoms with E-state index in [4.69, 9.17) is 89.9 Å². The van der Waals surface area contributed by atoms with Crippen LogP contribution in [0, 0.1) is 40.7 Å². The highest BCUT2D eigenvalue weighted by atomic mass is 35.5. The number of halogens is 13. The van der Waals surface area contributed by atoms with Gasteiger partial charge in [0.15, 0.2) is 6.29 Å². The highest BCUT2D eigenvalue weighted by molar-refractivity contribution is 6.36. The summed E-state index contributed by atoms with van der Waals surface area (Å²) in [6.45, 7) is 29.0. The van der Waals surface area contributed by atoms with Crippen LogP contribution in [-0.2, 0) is 32.0 Å². The molecule has 9 aromatic heterocycles. The normalized spacial score (nSPS) is 10.6. The first-order valence-corrected chi connectivity index (χ1v) is 41.2. The van der Waals surface area contributed by atoms with Crippen molar-refractivity contribution in [3.8, 4) is 22.3 Å². The van der Waals surface area contributed by atoms with Gasteiger partial charge in [-0.3, -0.25) is 19.2 Å². The number of benzene rings is 3. The average molecular weight is 1870 g/mol. The largest absolute Gasteiger partial charge is 0.466 e. The minimum absolute atomic E-state index is 0.0285. The quantitative estimate of drug-likeness (QED) is 0.0128. The molecule has 0 aliphatic rings. The smallest absolute Gasteiger partial charge is 0.341 e. The highest BCUT2D eigenvalue weighted by Crippen LogP contribution is 2.32. The summed E-state index contributed by atoms with van der Waals surface area (Å²) in [6.07, 6.45) is 10.2. The predicted octanol–water partition coefficient (Wildman–Crippen LogP) is 21.9. The topological polar surface area (TPSA) is 325 Å². The third kappa shape index (κ3) is 32.5. The molecule has 0 bridgehead atoms. The Morgan fingerprint density at radius 1 is 0.460 bits per heavy atom. The number of pyridine rings is 9. The van der Waals surface area contributed by atoms with Gasteiger partial charge in [0.25, 0.3) is 11.1 Å². The molecule has 126 heavy (non-hydrogen) atoms. The molecule has 12 aromatic rings. The molecule has 0 amide bonds. The van der Waals surface area contributed by atoms with E-state index < -0.39 is 69.7 Å². The number of carbonyl (C=O) groups is 4. The molecule has 672 valence electrons. The number of carbonyl (C=O) groups excluding carboxylic acids is 4. The Bertz CT molecular complexity index is 5740. The van der Waals surface area contributed by atoms with E-state index in [1.807, 2.05) is 69.2 Å². The van der Waals surface area contributed by atoms with Crippen LogP contribution in [-0.4, -0.2) is 117 Å². The molecule has 0 saturated heterocycles. The fourth-order valence-corrected chi connectivity index (χ4v) is 12.1. The van der Waals surface area contributed by atoms with Gasteiger partial charge in [-0.25, -0.2) is 75.2 Å². The molecule has 0 atom stereocenters. The number of rotatable bonds is 21. The fourth-order valence-electron chi connectivity index (χ4n) is 11.0. The van der Waals surface area contributed by atoms with Crippen LogP contribution < -0.4 is 38.1 Å². The molecule has 0 saturated carbocycles. The Labute approximate surface area is 753 Å². The molecule has 3 aromatic carbocycles. The Morgan fingerprint density at radius 2 is 0.849 bits per heavy atom. The average Bonchev–Trinajstić information content (AvgIpc) is 0.761. The predicted molar refractivity (Wildman–Crippen MR) is 483 cm³/mol. The summed E-state index contributed by atoms with van der Waals surface area (Å²) >= 11 is 34.4. The Hall–Kier alpha value is -11.4. The van der Waals surface area contributed by atoms with E-state index in [0.717, 1.165) is 65.8 Å². The van der Waals surface area contributed by atoms with E-state index in [9.17, 15) is 59.5 Å². The number of aliphatic hydroxyl groups excluding tert-OH is 1. The molecule has 12 rings (SSSR count). The number of aldehydes is 1. The van der Waals surface area contributed by atoms with Crippen LogP contribution in [0.15, 0.2) is 168 Å². The number of nitrogens with one attached hydrogen (secondary N) is 4. The maximum absolute atomic E-state index is 14.3. The van der Waals surface area contributed by atoms with Crippen molar-refractivity contribution in [2.45, 2.75) is 153 Å². The first kappa shape index (κ1) is 105. The SMILES string of the molecule is CC(C)N.CC(C)Nc1cc(Cl)ncc1C=O.CC(C)Nc1cc(Cl)ncc1CO.CC(C)n1c(=O)c(-c2c(F)cccc2F)cc2cnc(Cl)cc21.CC(C)n1c(=O)c(-c2c(F)cccc2F)cc2cnc(Nc3ccc(F)cn3)cc21.CCOC(=O)Cc1c(F)cccc1F.CCOC(=O)c1cnc(Cl)cc1Cl.CCOC(=O)c1cnc(Cl)cc1NC(C)C. The number of esters is 3. The summed E-state index contributed by atoms with van der Waals surface area (Å²) in [7, 11) is 0. The van der Waals surface area contributed by atoms with Gasteiger partial charge in [0.05, 0.1) is 94.2 Å². The Morgan fingerprint density at radius 3 is 1.29 bits per heavy atom. The molecular weight excluding hydrogens is 1770 g/mol. The van der Waals surface area contributed by atoms with Gasteiger partial charge in [-0.1, -0.05) is 102 Å². The second-order valence-electron chi connectivity index (χ2n) is 28.4. The van der Waals surface area contributed by atoms with Crippen LogP contribution in [0.25, 0.3) is 44.1 Å². The van der Waals surface area contributed by atoms with Crippen molar-refractivity contribution in [1.82, 2.24) is 44.0 Å². The van der Waals surface area contributed by atoms with Crippen LogP contribution in [0.1, 0.15) is 158 Å². The van der Waals surface area contributed by atoms with E-state index >= 15 is 0 Å². The lowest BCUT2D eigenvalue weighted by Gasteiger charge is -2.17. The van der Waals surface area contributed by atoms with Gasteiger partial charge >= 0.3 is 17.9 Å². The second-order valence-corrected chi connectivity index (χ2v) is 30.7. The van der Waals surface area contributed by atoms with E-state index in [-0.39, 0.29) is 92.5 Å². The Balaban J connectivity index is 0.000000266. The summed E-state index contributed by atoms with van der Waals surface area (Å²) in [5, 5.41) is 24.4. The maximum Gasteiger partial charge on any atom is 0.341 e. The van der Waals surface area contributed by atoms with Crippen molar-refractivity contribution in [2.75, 3.05) is 41.1 Å². The van der Waals surface area contributed by atoms with Crippen LogP contribution in [0.3, 0.4) is 0 Å². The first-order valence-electron chi connectivity index (χ1n) is 38.9. The van der Waals surface area contributed by atoms with Crippen LogP contribution in [0.2, 0.25) is 30.8 Å². The van der Waals surface area contributed by atoms with Crippen LogP contribution in [0.4, 0.5) is 59.4 Å². The van der Waals surface area contributed by atoms with E-state index in [1.54, 1.807) is 71.1 Å². The van der Waals surface area contributed by atoms with Crippen molar-refractivity contribution in [3.63, 3.8) is 0 Å². The number of hydrogen-bond donors (Lipinski definition) is 6. The number of nitrogens with two attached hydrogens (primary N) is 1. The molecular formula is C89H95Cl6F7N14O10. The number of fused-ring (bicyclic) bond motifs is 2. The lowest BCUT2D eigenvalue weighted by molar-refractivity contribution is -0.142. The van der Waals surface area contributed by atoms with Gasteiger partial charge in [-0.05, 0) is 187 Å². The summed E-state index contributed by atoms with van der Waals surface area (Å²) < 4.78 is 113. The molecule has 7 N–H and O–H groups in total. The summed E-state index contributed by atoms with van der Waals surface area (Å²) in [6, 6.07) is 26.3. The molecule has 24 nitrogen and oxygen atoms in total. The van der Waals surface area contributed by atoms with Gasteiger partial charge in [-0.15, -0.1) is 0 Å². The number of aromatic nitrogens is 9. The standard InChI is InChI=1S/C22H17F3N4O.C17H13ClF2N2O.C11H15ClN2O2.C10H10F2O2.C9H13ClN2O.C9H11ClN2O.C8H7Cl2NO2.C3H9N/c1-12(2)29-18-9-20(28-19-7-6-14(23)11-27-19)26-10-13(18)8-15(22(29)30)21-16(24)4-3-5-17(21)25;1-9(2)22-14-7-15(18)21-8-10(14)6-11(17(22)23)16-12(19)4-3-5-13(16)20;1-4-16-11(15)8-6-13-10(12)5-9(8)14-7(2)3;1-2-14-10(13)6-7-8(11)4-3-5-9(7)12;2*1-6(2)12-8-3-9(10)11-4-7(8)5-13;1-2-13-8(12)5-4-11-7(10)3-6(5)9;1-3(2)4/h3-12H,1-2H3,(H,26,27,28);3-9H,1-2H3;5-7H,4H2,1-3H3,(H,13,14);3-5H,2,6H2,1H3;3-4,6,13H,5H2,1-2H3,(H,11,12);3-6H,1-2H3,(H,11,12);3-4H,2H2,1H3;3H,4H2,1-2H3. The monoisotopic (exact) mass is 1860 g/mol. The lowest BCUT2D eigenvalue weighted by Crippen LogP contribution is -2.24. The summed E-state index contributed by atoms with van der Waals surface area (Å²) in [5.41, 5.74) is 8.32. The molecule has 0 aliphatic carbocycles. The number of hydrogen-bond acceptors (Lipinski definition) is 22. The minimum atomic E-state index is -0.810.